The van der Waals surface area contributed by atoms with Gasteiger partial charge in [-0.2, -0.15) is 0 Å². The number of carbonyl (C=O) groups is 2. The van der Waals surface area contributed by atoms with E-state index in [0.29, 0.717) is 11.7 Å². The van der Waals surface area contributed by atoms with Crippen molar-refractivity contribution in [2.45, 2.75) is 44.9 Å². The van der Waals surface area contributed by atoms with E-state index < -0.39 is 0 Å². The molecule has 0 saturated carbocycles. The standard InChI is InChI=1S/C12H21N5O3S/c1-4-5-17-11(20)15-16-12(17)21-7-10(19)13-6-9(18)14-8(2)3/h8H,4-7H2,1-3H3,(H,13,19)(H,14,18)(H,15,20). The van der Waals surface area contributed by atoms with Crippen LogP contribution in [0.1, 0.15) is 27.2 Å². The smallest absolute Gasteiger partial charge is 0.343 e. The topological polar surface area (TPSA) is 109 Å². The summed E-state index contributed by atoms with van der Waals surface area (Å²) in [4.78, 5) is 34.5. The molecule has 0 unspecified atom stereocenters. The van der Waals surface area contributed by atoms with Crippen LogP contribution < -0.4 is 16.3 Å². The second-order valence-corrected chi connectivity index (χ2v) is 5.69. The Bertz CT molecular complexity index is 537. The quantitative estimate of drug-likeness (QED) is 0.571. The molecule has 0 aliphatic rings. The van der Waals surface area contributed by atoms with Crippen molar-refractivity contribution in [2.24, 2.45) is 0 Å². The van der Waals surface area contributed by atoms with Gasteiger partial charge in [-0.05, 0) is 20.3 Å². The molecule has 0 aliphatic carbocycles. The van der Waals surface area contributed by atoms with Gasteiger partial charge in [-0.15, -0.1) is 5.10 Å². The van der Waals surface area contributed by atoms with Crippen LogP contribution in [0.3, 0.4) is 0 Å². The van der Waals surface area contributed by atoms with Crippen molar-refractivity contribution >= 4 is 23.6 Å². The Balaban J connectivity index is 2.40. The molecule has 1 rings (SSSR count). The lowest BCUT2D eigenvalue weighted by molar-refractivity contribution is -0.125. The van der Waals surface area contributed by atoms with E-state index in [-0.39, 0.29) is 35.8 Å². The number of hydrogen-bond acceptors (Lipinski definition) is 5. The molecule has 0 aliphatic heterocycles. The largest absolute Gasteiger partial charge is 0.352 e. The van der Waals surface area contributed by atoms with E-state index in [9.17, 15) is 14.4 Å². The van der Waals surface area contributed by atoms with Crippen LogP contribution >= 0.6 is 11.8 Å². The van der Waals surface area contributed by atoms with Crippen LogP contribution in [-0.2, 0) is 16.1 Å². The molecule has 9 heteroatoms. The molecular formula is C12H21N5O3S. The summed E-state index contributed by atoms with van der Waals surface area (Å²) in [5, 5.41) is 11.9. The number of thioether (sulfide) groups is 1. The summed E-state index contributed by atoms with van der Waals surface area (Å²) < 4.78 is 1.49. The molecule has 1 aromatic heterocycles. The summed E-state index contributed by atoms with van der Waals surface area (Å²) >= 11 is 1.16. The predicted molar refractivity (Wildman–Crippen MR) is 80.2 cm³/mol. The van der Waals surface area contributed by atoms with Crippen molar-refractivity contribution in [3.05, 3.63) is 10.5 Å². The van der Waals surface area contributed by atoms with Crippen molar-refractivity contribution < 1.29 is 9.59 Å². The summed E-state index contributed by atoms with van der Waals surface area (Å²) in [6.07, 6.45) is 0.800. The van der Waals surface area contributed by atoms with Crippen LogP contribution in [-0.4, -0.2) is 44.9 Å². The van der Waals surface area contributed by atoms with Crippen LogP contribution in [0.4, 0.5) is 0 Å². The summed E-state index contributed by atoms with van der Waals surface area (Å²) in [5.41, 5.74) is -0.281. The lowest BCUT2D eigenvalue weighted by atomic mass is 10.4. The highest BCUT2D eigenvalue weighted by Crippen LogP contribution is 2.12. The fraction of sp³-hybridized carbons (Fsp3) is 0.667. The summed E-state index contributed by atoms with van der Waals surface area (Å²) in [6, 6.07) is 0.0383. The van der Waals surface area contributed by atoms with Crippen LogP contribution in [0.2, 0.25) is 0 Å². The van der Waals surface area contributed by atoms with Gasteiger partial charge in [0.2, 0.25) is 11.8 Å². The monoisotopic (exact) mass is 315 g/mol. The van der Waals surface area contributed by atoms with Crippen LogP contribution in [0.5, 0.6) is 0 Å². The molecule has 0 spiro atoms. The predicted octanol–water partition coefficient (Wildman–Crippen LogP) is -0.286. The van der Waals surface area contributed by atoms with Crippen molar-refractivity contribution in [1.82, 2.24) is 25.4 Å². The van der Waals surface area contributed by atoms with Crippen molar-refractivity contribution in [3.63, 3.8) is 0 Å². The third kappa shape index (κ3) is 6.03. The van der Waals surface area contributed by atoms with Gasteiger partial charge in [0.25, 0.3) is 0 Å². The Kier molecular flexibility index (Phi) is 7.00. The Hall–Kier alpha value is -1.77. The van der Waals surface area contributed by atoms with Gasteiger partial charge in [0.1, 0.15) is 0 Å². The summed E-state index contributed by atoms with van der Waals surface area (Å²) in [5.74, 6) is -0.411. The highest BCUT2D eigenvalue weighted by Gasteiger charge is 2.11. The SMILES string of the molecule is CCCn1c(SCC(=O)NCC(=O)NC(C)C)n[nH]c1=O. The average molecular weight is 315 g/mol. The molecule has 1 heterocycles. The van der Waals surface area contributed by atoms with Crippen LogP contribution in [0, 0.1) is 0 Å². The van der Waals surface area contributed by atoms with E-state index in [1.54, 1.807) is 0 Å². The number of carbonyl (C=O) groups excluding carboxylic acids is 2. The van der Waals surface area contributed by atoms with E-state index in [1.807, 2.05) is 20.8 Å². The van der Waals surface area contributed by atoms with Crippen molar-refractivity contribution in [3.8, 4) is 0 Å². The highest BCUT2D eigenvalue weighted by molar-refractivity contribution is 7.99. The maximum atomic E-state index is 11.6. The number of hydrogen-bond donors (Lipinski definition) is 3. The molecule has 1 aromatic rings. The first-order valence-corrected chi connectivity index (χ1v) is 7.76. The molecule has 2 amide bonds. The van der Waals surface area contributed by atoms with Gasteiger partial charge < -0.3 is 10.6 Å². The number of amides is 2. The molecule has 0 radical (unpaired) electrons. The van der Waals surface area contributed by atoms with Crippen LogP contribution in [0.25, 0.3) is 0 Å². The first-order chi connectivity index (χ1) is 9.93. The Morgan fingerprint density at radius 3 is 2.71 bits per heavy atom. The lowest BCUT2D eigenvalue weighted by Gasteiger charge is -2.09. The molecule has 0 saturated heterocycles. The number of nitrogens with one attached hydrogen (secondary N) is 3. The minimum Gasteiger partial charge on any atom is -0.352 e. The summed E-state index contributed by atoms with van der Waals surface area (Å²) in [6.45, 7) is 6.14. The summed E-state index contributed by atoms with van der Waals surface area (Å²) in [7, 11) is 0. The van der Waals surface area contributed by atoms with E-state index in [2.05, 4.69) is 20.8 Å². The lowest BCUT2D eigenvalue weighted by Crippen LogP contribution is -2.40. The molecule has 118 valence electrons. The highest BCUT2D eigenvalue weighted by atomic mass is 32.2. The number of aromatic nitrogens is 3. The van der Waals surface area contributed by atoms with E-state index >= 15 is 0 Å². The van der Waals surface area contributed by atoms with Crippen molar-refractivity contribution in [2.75, 3.05) is 12.3 Å². The minimum atomic E-state index is -0.281. The second kappa shape index (κ2) is 8.50. The zero-order valence-electron chi connectivity index (χ0n) is 12.4. The zero-order chi connectivity index (χ0) is 15.8. The molecule has 0 fully saturated rings. The molecule has 0 aromatic carbocycles. The van der Waals surface area contributed by atoms with E-state index in [0.717, 1.165) is 18.2 Å². The third-order valence-corrected chi connectivity index (χ3v) is 3.37. The Labute approximate surface area is 127 Å². The Morgan fingerprint density at radius 1 is 1.38 bits per heavy atom. The van der Waals surface area contributed by atoms with Gasteiger partial charge in [-0.25, -0.2) is 9.89 Å². The Morgan fingerprint density at radius 2 is 2.10 bits per heavy atom. The van der Waals surface area contributed by atoms with E-state index in [4.69, 9.17) is 0 Å². The zero-order valence-corrected chi connectivity index (χ0v) is 13.2. The average Bonchev–Trinajstić information content (AvgIpc) is 2.75. The molecular weight excluding hydrogens is 294 g/mol. The number of H-pyrrole nitrogens is 1. The number of rotatable bonds is 8. The molecule has 3 N–H and O–H groups in total. The maximum Gasteiger partial charge on any atom is 0.343 e. The first kappa shape index (κ1) is 17.3. The van der Waals surface area contributed by atoms with Gasteiger partial charge in [0, 0.05) is 12.6 Å². The number of nitrogens with zero attached hydrogens (tertiary/aromatic N) is 2. The maximum absolute atomic E-state index is 11.6. The molecule has 21 heavy (non-hydrogen) atoms. The fourth-order valence-corrected chi connectivity index (χ4v) is 2.37. The van der Waals surface area contributed by atoms with Crippen LogP contribution in [0.15, 0.2) is 9.95 Å². The van der Waals surface area contributed by atoms with Gasteiger partial charge in [0.15, 0.2) is 5.16 Å². The van der Waals surface area contributed by atoms with Gasteiger partial charge in [-0.3, -0.25) is 14.2 Å². The first-order valence-electron chi connectivity index (χ1n) is 6.78. The third-order valence-electron chi connectivity index (χ3n) is 2.40. The molecule has 8 nitrogen and oxygen atoms in total. The van der Waals surface area contributed by atoms with Gasteiger partial charge >= 0.3 is 5.69 Å². The van der Waals surface area contributed by atoms with Gasteiger partial charge in [0.05, 0.1) is 12.3 Å². The number of aromatic amines is 1. The van der Waals surface area contributed by atoms with E-state index in [1.165, 1.54) is 4.57 Å². The minimum absolute atomic E-state index is 0.0383. The molecule has 0 bridgehead atoms. The normalized spacial score (nSPS) is 10.7. The second-order valence-electron chi connectivity index (χ2n) is 4.75. The molecule has 0 atom stereocenters. The fourth-order valence-electron chi connectivity index (χ4n) is 1.57. The van der Waals surface area contributed by atoms with Gasteiger partial charge in [-0.1, -0.05) is 18.7 Å². The van der Waals surface area contributed by atoms with Crippen molar-refractivity contribution in [1.29, 1.82) is 0 Å².